The first kappa shape index (κ1) is 8.75. The van der Waals surface area contributed by atoms with Gasteiger partial charge in [-0.1, -0.05) is 25.9 Å². The van der Waals surface area contributed by atoms with E-state index in [1.165, 1.54) is 5.56 Å². The molecule has 0 saturated heterocycles. The summed E-state index contributed by atoms with van der Waals surface area (Å²) in [6.07, 6.45) is 0.860. The second-order valence-electron chi connectivity index (χ2n) is 4.49. The van der Waals surface area contributed by atoms with E-state index in [1.54, 1.807) is 0 Å². The Morgan fingerprint density at radius 2 is 2.08 bits per heavy atom. The van der Waals surface area contributed by atoms with E-state index in [4.69, 9.17) is 9.26 Å². The summed E-state index contributed by atoms with van der Waals surface area (Å²) in [4.78, 5) is 0. The molecule has 1 aromatic rings. The fourth-order valence-corrected chi connectivity index (χ4v) is 1.62. The first-order chi connectivity index (χ1) is 6.09. The molecule has 0 unspecified atom stereocenters. The number of ether oxygens (including phenoxy) is 1. The van der Waals surface area contributed by atoms with Gasteiger partial charge in [-0.15, -0.1) is 0 Å². The van der Waals surface area contributed by atoms with Gasteiger partial charge in [-0.25, -0.2) is 0 Å². The summed E-state index contributed by atoms with van der Waals surface area (Å²) < 4.78 is 10.7. The van der Waals surface area contributed by atoms with Crippen LogP contribution in [0.25, 0.3) is 0 Å². The van der Waals surface area contributed by atoms with Crippen LogP contribution in [0.1, 0.15) is 37.8 Å². The van der Waals surface area contributed by atoms with Crippen molar-refractivity contribution in [3.05, 3.63) is 17.0 Å². The van der Waals surface area contributed by atoms with Crippen molar-refractivity contribution in [1.82, 2.24) is 5.16 Å². The fraction of sp³-hybridized carbons (Fsp3) is 0.700. The molecule has 1 aliphatic rings. The summed E-state index contributed by atoms with van der Waals surface area (Å²) >= 11 is 0. The van der Waals surface area contributed by atoms with Gasteiger partial charge in [0.05, 0.1) is 18.9 Å². The van der Waals surface area contributed by atoms with E-state index in [0.717, 1.165) is 24.5 Å². The quantitative estimate of drug-likeness (QED) is 0.614. The van der Waals surface area contributed by atoms with Crippen molar-refractivity contribution in [2.75, 3.05) is 6.61 Å². The van der Waals surface area contributed by atoms with Crippen molar-refractivity contribution >= 4 is 0 Å². The molecule has 3 heteroatoms. The van der Waals surface area contributed by atoms with Crippen LogP contribution in [0.5, 0.6) is 0 Å². The molecule has 3 nitrogen and oxygen atoms in total. The maximum Gasteiger partial charge on any atom is 0.144 e. The van der Waals surface area contributed by atoms with Crippen LogP contribution in [0.15, 0.2) is 4.52 Å². The molecule has 2 rings (SSSR count). The third-order valence-electron chi connectivity index (χ3n) is 2.30. The van der Waals surface area contributed by atoms with Gasteiger partial charge in [0.1, 0.15) is 5.76 Å². The van der Waals surface area contributed by atoms with Crippen molar-refractivity contribution in [3.8, 4) is 0 Å². The maximum atomic E-state index is 5.39. The summed E-state index contributed by atoms with van der Waals surface area (Å²) in [5, 5.41) is 4.11. The van der Waals surface area contributed by atoms with E-state index in [1.807, 2.05) is 0 Å². The molecule has 0 fully saturated rings. The maximum absolute atomic E-state index is 5.39. The molecule has 0 radical (unpaired) electrons. The van der Waals surface area contributed by atoms with Gasteiger partial charge in [-0.2, -0.15) is 0 Å². The van der Waals surface area contributed by atoms with Gasteiger partial charge >= 0.3 is 0 Å². The Balaban J connectivity index is 2.43. The Bertz CT molecular complexity index is 309. The first-order valence-corrected chi connectivity index (χ1v) is 4.64. The average Bonchev–Trinajstić information content (AvgIpc) is 2.45. The molecule has 0 aromatic carbocycles. The van der Waals surface area contributed by atoms with Crippen LogP contribution in [0.3, 0.4) is 0 Å². The molecule has 0 atom stereocenters. The molecule has 72 valence electrons. The summed E-state index contributed by atoms with van der Waals surface area (Å²) in [5.41, 5.74) is 2.26. The van der Waals surface area contributed by atoms with E-state index in [2.05, 4.69) is 25.9 Å². The van der Waals surface area contributed by atoms with E-state index < -0.39 is 0 Å². The number of rotatable bonds is 0. The molecule has 0 spiro atoms. The van der Waals surface area contributed by atoms with Crippen LogP contribution in [-0.4, -0.2) is 11.8 Å². The van der Waals surface area contributed by atoms with Gasteiger partial charge in [-0.05, 0) is 0 Å². The van der Waals surface area contributed by atoms with Crippen LogP contribution in [0.2, 0.25) is 0 Å². The molecule has 1 aromatic heterocycles. The van der Waals surface area contributed by atoms with Gasteiger partial charge in [0.25, 0.3) is 0 Å². The Morgan fingerprint density at radius 3 is 2.77 bits per heavy atom. The summed E-state index contributed by atoms with van der Waals surface area (Å²) in [6, 6.07) is 0. The molecule has 13 heavy (non-hydrogen) atoms. The first-order valence-electron chi connectivity index (χ1n) is 4.64. The zero-order valence-electron chi connectivity index (χ0n) is 8.39. The highest BCUT2D eigenvalue weighted by Crippen LogP contribution is 2.29. The molecule has 1 aliphatic heterocycles. The monoisotopic (exact) mass is 181 g/mol. The molecule has 0 aliphatic carbocycles. The molecular weight excluding hydrogens is 166 g/mol. The Hall–Kier alpha value is -0.830. The zero-order valence-corrected chi connectivity index (χ0v) is 8.39. The van der Waals surface area contributed by atoms with Crippen molar-refractivity contribution in [2.45, 2.75) is 39.2 Å². The van der Waals surface area contributed by atoms with Crippen molar-refractivity contribution in [1.29, 1.82) is 0 Å². The van der Waals surface area contributed by atoms with Crippen LogP contribution in [0, 0.1) is 0 Å². The lowest BCUT2D eigenvalue weighted by molar-refractivity contribution is 0.102. The Kier molecular flexibility index (Phi) is 1.91. The number of hydrogen-bond acceptors (Lipinski definition) is 3. The third kappa shape index (κ3) is 1.48. The van der Waals surface area contributed by atoms with Crippen molar-refractivity contribution in [3.63, 3.8) is 0 Å². The van der Waals surface area contributed by atoms with Gasteiger partial charge in [0.2, 0.25) is 0 Å². The zero-order chi connectivity index (χ0) is 9.47. The number of aromatic nitrogens is 1. The second kappa shape index (κ2) is 2.84. The van der Waals surface area contributed by atoms with Crippen molar-refractivity contribution in [2.24, 2.45) is 0 Å². The molecular formula is C10H15NO2. The minimum atomic E-state index is 0.0534. The average molecular weight is 181 g/mol. The summed E-state index contributed by atoms with van der Waals surface area (Å²) in [5.74, 6) is 1.01. The molecule has 0 bridgehead atoms. The van der Waals surface area contributed by atoms with Gasteiger partial charge < -0.3 is 9.26 Å². The third-order valence-corrected chi connectivity index (χ3v) is 2.30. The summed E-state index contributed by atoms with van der Waals surface area (Å²) in [6.45, 7) is 7.83. The fourth-order valence-electron chi connectivity index (χ4n) is 1.62. The molecule has 0 N–H and O–H groups in total. The normalized spacial score (nSPS) is 17.2. The van der Waals surface area contributed by atoms with Gasteiger partial charge in [-0.3, -0.25) is 0 Å². The minimum absolute atomic E-state index is 0.0534. The standard InChI is InChI=1S/C10H15NO2/c1-10(2,3)9-7-6-12-5-4-8(7)13-11-9/h4-6H2,1-3H3. The Labute approximate surface area is 78.1 Å². The highest BCUT2D eigenvalue weighted by atomic mass is 16.5. The highest BCUT2D eigenvalue weighted by Gasteiger charge is 2.27. The van der Waals surface area contributed by atoms with Gasteiger partial charge in [0.15, 0.2) is 0 Å². The minimum Gasteiger partial charge on any atom is -0.376 e. The highest BCUT2D eigenvalue weighted by molar-refractivity contribution is 5.28. The van der Waals surface area contributed by atoms with E-state index in [0.29, 0.717) is 6.61 Å². The SMILES string of the molecule is CC(C)(C)c1noc2c1COCC2. The largest absolute Gasteiger partial charge is 0.376 e. The van der Waals surface area contributed by atoms with Crippen molar-refractivity contribution < 1.29 is 9.26 Å². The predicted octanol–water partition coefficient (Wildman–Crippen LogP) is 2.04. The lowest BCUT2D eigenvalue weighted by Gasteiger charge is -2.18. The van der Waals surface area contributed by atoms with Crippen LogP contribution in [0.4, 0.5) is 0 Å². The van der Waals surface area contributed by atoms with E-state index >= 15 is 0 Å². The van der Waals surface area contributed by atoms with Crippen LogP contribution < -0.4 is 0 Å². The summed E-state index contributed by atoms with van der Waals surface area (Å²) in [7, 11) is 0. The number of nitrogens with zero attached hydrogens (tertiary/aromatic N) is 1. The van der Waals surface area contributed by atoms with E-state index in [9.17, 15) is 0 Å². The topological polar surface area (TPSA) is 35.3 Å². The predicted molar refractivity (Wildman–Crippen MR) is 48.6 cm³/mol. The molecule has 2 heterocycles. The van der Waals surface area contributed by atoms with Gasteiger partial charge in [0, 0.05) is 17.4 Å². The smallest absolute Gasteiger partial charge is 0.144 e. The lowest BCUT2D eigenvalue weighted by Crippen LogP contribution is -2.17. The van der Waals surface area contributed by atoms with Crippen LogP contribution in [-0.2, 0) is 23.2 Å². The Morgan fingerprint density at radius 1 is 1.31 bits per heavy atom. The van der Waals surface area contributed by atoms with E-state index in [-0.39, 0.29) is 5.41 Å². The second-order valence-corrected chi connectivity index (χ2v) is 4.49. The molecule has 0 amide bonds. The lowest BCUT2D eigenvalue weighted by atomic mass is 9.88. The molecule has 0 saturated carbocycles. The van der Waals surface area contributed by atoms with Crippen LogP contribution >= 0.6 is 0 Å². The number of hydrogen-bond donors (Lipinski definition) is 0. The number of fused-ring (bicyclic) bond motifs is 1.